The molecule has 3 aromatic heterocycles. The summed E-state index contributed by atoms with van der Waals surface area (Å²) in [6.45, 7) is 4.00. The van der Waals surface area contributed by atoms with Gasteiger partial charge in [0, 0.05) is 58.4 Å². The fourth-order valence-electron chi connectivity index (χ4n) is 8.72. The van der Waals surface area contributed by atoms with Crippen molar-refractivity contribution in [1.29, 1.82) is 0 Å². The molecule has 0 N–H and O–H groups in total. The van der Waals surface area contributed by atoms with E-state index in [9.17, 15) is 0 Å². The summed E-state index contributed by atoms with van der Waals surface area (Å²) < 4.78 is 4.92. The molecule has 9 aromatic carbocycles. The second-order valence-corrected chi connectivity index (χ2v) is 15.2. The van der Waals surface area contributed by atoms with Crippen molar-refractivity contribution in [3.05, 3.63) is 176 Å². The van der Waals surface area contributed by atoms with Crippen LogP contribution in [-0.2, 0) is 0 Å². The summed E-state index contributed by atoms with van der Waals surface area (Å²) >= 11 is 1.88. The molecule has 264 valence electrons. The Morgan fingerprint density at radius 2 is 1.07 bits per heavy atom. The zero-order chi connectivity index (χ0) is 37.3. The Morgan fingerprint density at radius 3 is 1.88 bits per heavy atom. The quantitative estimate of drug-likeness (QED) is 0.169. The second kappa shape index (κ2) is 12.9. The molecule has 0 saturated carbocycles. The number of rotatable bonds is 3. The molecule has 4 heteroatoms. The molecule has 0 unspecified atom stereocenters. The van der Waals surface area contributed by atoms with Gasteiger partial charge in [-0.1, -0.05) is 166 Å². The molecule has 0 radical (unpaired) electrons. The molecular weight excluding hydrogens is 699 g/mol. The zero-order valence-electron chi connectivity index (χ0n) is 31.0. The van der Waals surface area contributed by atoms with E-state index >= 15 is 0 Å². The summed E-state index contributed by atoms with van der Waals surface area (Å²) in [5, 5.41) is 13.2. The molecule has 0 aliphatic rings. The van der Waals surface area contributed by atoms with E-state index in [1.165, 1.54) is 58.1 Å². The summed E-state index contributed by atoms with van der Waals surface area (Å²) in [6, 6.07) is 63.6. The Kier molecular flexibility index (Phi) is 7.48. The van der Waals surface area contributed by atoms with Gasteiger partial charge in [0.25, 0.3) is 0 Å². The van der Waals surface area contributed by atoms with E-state index in [-0.39, 0.29) is 0 Å². The number of fused-ring (bicyclic) bond motifs is 12. The molecule has 0 amide bonds. The van der Waals surface area contributed by atoms with Crippen LogP contribution in [0.25, 0.3) is 114 Å². The van der Waals surface area contributed by atoms with E-state index < -0.39 is 0 Å². The van der Waals surface area contributed by atoms with Crippen LogP contribution in [-0.4, -0.2) is 14.5 Å². The van der Waals surface area contributed by atoms with Crippen molar-refractivity contribution in [2.24, 2.45) is 0 Å². The normalized spacial score (nSPS) is 11.8. The summed E-state index contributed by atoms with van der Waals surface area (Å²) in [4.78, 5) is 11.1. The number of hydrogen-bond donors (Lipinski definition) is 0. The first kappa shape index (κ1) is 32.5. The average molecular weight is 734 g/mol. The van der Waals surface area contributed by atoms with Crippen molar-refractivity contribution in [3.8, 4) is 28.3 Å². The highest BCUT2D eigenvalue weighted by molar-refractivity contribution is 7.26. The molecule has 0 aliphatic heterocycles. The van der Waals surface area contributed by atoms with Gasteiger partial charge in [-0.2, -0.15) is 0 Å². The molecule has 0 spiro atoms. The minimum atomic E-state index is 0.662. The molecule has 0 fully saturated rings. The van der Waals surface area contributed by atoms with E-state index in [2.05, 4.69) is 180 Å². The van der Waals surface area contributed by atoms with E-state index in [0.717, 1.165) is 49.5 Å². The lowest BCUT2D eigenvalue weighted by molar-refractivity contribution is 1.02. The standard InChI is InChI=1S/C50H29N3S.C2H6/c1-2-14-32(15-3-1)46-41-26-24-31-13-7-9-19-36(31)47(41)52-50(51-46)53-43-29-34-17-5-4-16-33(34)28-42(43)38-21-10-20-37(48(38)53)39-22-11-23-40-45-35-18-8-6-12-30(35)25-27-44(45)54-49(39)40;1-2/h1-29H;1-2H3. The third kappa shape index (κ3) is 4.83. The Labute approximate surface area is 327 Å². The molecule has 0 bridgehead atoms. The van der Waals surface area contributed by atoms with Crippen LogP contribution in [0.1, 0.15) is 13.8 Å². The fraction of sp³-hybridized carbons (Fsp3) is 0.0385. The first-order chi connectivity index (χ1) is 27.8. The van der Waals surface area contributed by atoms with Gasteiger partial charge in [0.05, 0.1) is 22.2 Å². The molecule has 12 rings (SSSR count). The highest BCUT2D eigenvalue weighted by Gasteiger charge is 2.23. The van der Waals surface area contributed by atoms with Gasteiger partial charge in [-0.05, 0) is 51.2 Å². The zero-order valence-corrected chi connectivity index (χ0v) is 31.8. The summed E-state index contributed by atoms with van der Waals surface area (Å²) in [5.41, 5.74) is 7.51. The predicted molar refractivity (Wildman–Crippen MR) is 242 cm³/mol. The maximum absolute atomic E-state index is 5.53. The van der Waals surface area contributed by atoms with Crippen LogP contribution in [0.5, 0.6) is 0 Å². The van der Waals surface area contributed by atoms with E-state index in [1.807, 2.05) is 25.2 Å². The van der Waals surface area contributed by atoms with Crippen LogP contribution in [0.4, 0.5) is 0 Å². The SMILES string of the molecule is CC.c1ccc(-c2nc(-n3c4cc5ccccc5cc4c4cccc(-c5cccc6c5sc5ccc7ccccc7c56)c43)nc3c2ccc2ccccc23)cc1. The Balaban J connectivity index is 0.00000179. The van der Waals surface area contributed by atoms with E-state index in [0.29, 0.717) is 5.95 Å². The number of aromatic nitrogens is 3. The Hall–Kier alpha value is -6.88. The van der Waals surface area contributed by atoms with E-state index in [1.54, 1.807) is 0 Å². The van der Waals surface area contributed by atoms with Crippen LogP contribution in [0.2, 0.25) is 0 Å². The van der Waals surface area contributed by atoms with Crippen molar-refractivity contribution in [3.63, 3.8) is 0 Å². The first-order valence-electron chi connectivity index (χ1n) is 19.3. The molecular formula is C52H35N3S. The number of nitrogens with zero attached hydrogens (tertiary/aromatic N) is 3. The minimum absolute atomic E-state index is 0.662. The third-order valence-corrected chi connectivity index (χ3v) is 12.4. The van der Waals surface area contributed by atoms with Crippen molar-refractivity contribution in [2.75, 3.05) is 0 Å². The van der Waals surface area contributed by atoms with E-state index in [4.69, 9.17) is 9.97 Å². The van der Waals surface area contributed by atoms with Crippen molar-refractivity contribution in [2.45, 2.75) is 13.8 Å². The van der Waals surface area contributed by atoms with Gasteiger partial charge in [-0.15, -0.1) is 11.3 Å². The van der Waals surface area contributed by atoms with Gasteiger partial charge < -0.3 is 0 Å². The monoisotopic (exact) mass is 733 g/mol. The fourth-order valence-corrected chi connectivity index (χ4v) is 9.97. The van der Waals surface area contributed by atoms with Gasteiger partial charge in [0.2, 0.25) is 5.95 Å². The van der Waals surface area contributed by atoms with Crippen LogP contribution in [0, 0.1) is 0 Å². The highest BCUT2D eigenvalue weighted by Crippen LogP contribution is 2.46. The molecule has 3 heterocycles. The Bertz CT molecular complexity index is 3500. The lowest BCUT2D eigenvalue weighted by Gasteiger charge is -2.15. The molecule has 0 atom stereocenters. The van der Waals surface area contributed by atoms with Crippen LogP contribution in [0.3, 0.4) is 0 Å². The predicted octanol–water partition coefficient (Wildman–Crippen LogP) is 14.9. The number of para-hydroxylation sites is 1. The van der Waals surface area contributed by atoms with Crippen molar-refractivity contribution >= 4 is 96.5 Å². The topological polar surface area (TPSA) is 30.7 Å². The minimum Gasteiger partial charge on any atom is -0.277 e. The smallest absolute Gasteiger partial charge is 0.235 e. The number of benzene rings is 9. The van der Waals surface area contributed by atoms with Gasteiger partial charge in [0.1, 0.15) is 0 Å². The summed E-state index contributed by atoms with van der Waals surface area (Å²) in [7, 11) is 0. The lowest BCUT2D eigenvalue weighted by atomic mass is 9.98. The maximum Gasteiger partial charge on any atom is 0.235 e. The first-order valence-corrected chi connectivity index (χ1v) is 20.1. The largest absolute Gasteiger partial charge is 0.277 e. The number of thiophene rings is 1. The van der Waals surface area contributed by atoms with Crippen LogP contribution >= 0.6 is 11.3 Å². The lowest BCUT2D eigenvalue weighted by Crippen LogP contribution is -2.04. The molecule has 0 aliphatic carbocycles. The molecule has 12 aromatic rings. The average Bonchev–Trinajstić information content (AvgIpc) is 3.82. The van der Waals surface area contributed by atoms with Crippen molar-refractivity contribution in [1.82, 2.24) is 14.5 Å². The highest BCUT2D eigenvalue weighted by atomic mass is 32.1. The van der Waals surface area contributed by atoms with Crippen molar-refractivity contribution < 1.29 is 0 Å². The van der Waals surface area contributed by atoms with Crippen LogP contribution in [0.15, 0.2) is 176 Å². The summed E-state index contributed by atoms with van der Waals surface area (Å²) in [5.74, 6) is 0.662. The maximum atomic E-state index is 5.53. The van der Waals surface area contributed by atoms with Crippen LogP contribution < -0.4 is 0 Å². The molecule has 0 saturated heterocycles. The third-order valence-electron chi connectivity index (χ3n) is 11.2. The van der Waals surface area contributed by atoms with Gasteiger partial charge in [0.15, 0.2) is 0 Å². The van der Waals surface area contributed by atoms with Gasteiger partial charge in [-0.3, -0.25) is 4.57 Å². The number of hydrogen-bond acceptors (Lipinski definition) is 3. The molecule has 56 heavy (non-hydrogen) atoms. The van der Waals surface area contributed by atoms with Gasteiger partial charge >= 0.3 is 0 Å². The second-order valence-electron chi connectivity index (χ2n) is 14.1. The van der Waals surface area contributed by atoms with Gasteiger partial charge in [-0.25, -0.2) is 9.97 Å². The Morgan fingerprint density at radius 1 is 0.446 bits per heavy atom. The summed E-state index contributed by atoms with van der Waals surface area (Å²) in [6.07, 6.45) is 0. The molecule has 3 nitrogen and oxygen atoms in total.